The van der Waals surface area contributed by atoms with E-state index in [1.807, 2.05) is 30.7 Å². The minimum absolute atomic E-state index is 0.0348. The molecule has 0 saturated heterocycles. The zero-order chi connectivity index (χ0) is 13.3. The molecule has 0 aromatic carbocycles. The van der Waals surface area contributed by atoms with Crippen LogP contribution in [0.4, 0.5) is 0 Å². The Morgan fingerprint density at radius 2 is 2.11 bits per heavy atom. The van der Waals surface area contributed by atoms with Crippen LogP contribution in [0.25, 0.3) is 11.0 Å². The third-order valence-corrected chi connectivity index (χ3v) is 3.55. The third-order valence-electron chi connectivity index (χ3n) is 3.11. The molecule has 2 rings (SSSR count). The smallest absolute Gasteiger partial charge is 0.140 e. The van der Waals surface area contributed by atoms with E-state index in [1.54, 1.807) is 6.20 Å². The maximum absolute atomic E-state index is 9.49. The number of hydrogen-bond donors (Lipinski definition) is 2. The molecule has 0 unspecified atom stereocenters. The highest BCUT2D eigenvalue weighted by Gasteiger charge is 2.23. The number of fused-ring (bicyclic) bond motifs is 1. The lowest BCUT2D eigenvalue weighted by Crippen LogP contribution is -2.29. The molecule has 0 saturated carbocycles. The molecule has 0 spiro atoms. The van der Waals surface area contributed by atoms with E-state index in [4.69, 9.17) is 5.11 Å². The standard InChI is InChI=1S/C13H17BrN2O2/c1-13(2,8-18)16-7-9(3-4-17)11-5-10(14)6-15-12(11)16/h5-7,17-18H,3-4,8H2,1-2H3. The molecule has 4 nitrogen and oxygen atoms in total. The van der Waals surface area contributed by atoms with Crippen molar-refractivity contribution in [2.24, 2.45) is 0 Å². The summed E-state index contributed by atoms with van der Waals surface area (Å²) in [5.74, 6) is 0. The number of aromatic nitrogens is 2. The average molecular weight is 313 g/mol. The van der Waals surface area contributed by atoms with Gasteiger partial charge >= 0.3 is 0 Å². The lowest BCUT2D eigenvalue weighted by Gasteiger charge is -2.24. The first-order chi connectivity index (χ1) is 8.49. The molecule has 2 N–H and O–H groups in total. The molecule has 98 valence electrons. The van der Waals surface area contributed by atoms with Crippen molar-refractivity contribution in [1.29, 1.82) is 0 Å². The predicted octanol–water partition coefficient (Wildman–Crippen LogP) is 2.06. The Morgan fingerprint density at radius 3 is 2.72 bits per heavy atom. The summed E-state index contributed by atoms with van der Waals surface area (Å²) < 4.78 is 2.88. The average Bonchev–Trinajstić information content (AvgIpc) is 2.69. The van der Waals surface area contributed by atoms with Gasteiger partial charge in [0.05, 0.1) is 12.1 Å². The number of aliphatic hydroxyl groups is 2. The Kier molecular flexibility index (Phi) is 3.75. The summed E-state index contributed by atoms with van der Waals surface area (Å²) in [5.41, 5.74) is 1.47. The molecule has 0 aliphatic heterocycles. The monoisotopic (exact) mass is 312 g/mol. The summed E-state index contributed by atoms with van der Waals surface area (Å²) in [6, 6.07) is 2.00. The van der Waals surface area contributed by atoms with Gasteiger partial charge in [0.2, 0.25) is 0 Å². The van der Waals surface area contributed by atoms with Crippen LogP contribution in [0.2, 0.25) is 0 Å². The second-order valence-corrected chi connectivity index (χ2v) is 5.91. The van der Waals surface area contributed by atoms with Gasteiger partial charge < -0.3 is 14.8 Å². The zero-order valence-corrected chi connectivity index (χ0v) is 12.1. The predicted molar refractivity (Wildman–Crippen MR) is 74.6 cm³/mol. The second-order valence-electron chi connectivity index (χ2n) is 4.99. The Bertz CT molecular complexity index is 563. The molecule has 0 bridgehead atoms. The van der Waals surface area contributed by atoms with Crippen LogP contribution in [0.3, 0.4) is 0 Å². The molecule has 2 heterocycles. The molecule has 0 aliphatic rings. The maximum atomic E-state index is 9.49. The van der Waals surface area contributed by atoms with Gasteiger partial charge in [0.25, 0.3) is 0 Å². The second kappa shape index (κ2) is 4.99. The van der Waals surface area contributed by atoms with Gasteiger partial charge in [-0.2, -0.15) is 0 Å². The van der Waals surface area contributed by atoms with E-state index in [2.05, 4.69) is 20.9 Å². The highest BCUT2D eigenvalue weighted by Crippen LogP contribution is 2.28. The van der Waals surface area contributed by atoms with Gasteiger partial charge in [-0.15, -0.1) is 0 Å². The van der Waals surface area contributed by atoms with Crippen LogP contribution in [-0.4, -0.2) is 33.0 Å². The topological polar surface area (TPSA) is 58.3 Å². The van der Waals surface area contributed by atoms with Crippen molar-refractivity contribution in [1.82, 2.24) is 9.55 Å². The van der Waals surface area contributed by atoms with Crippen molar-refractivity contribution in [2.45, 2.75) is 25.8 Å². The molecule has 2 aromatic rings. The van der Waals surface area contributed by atoms with Crippen molar-refractivity contribution in [3.8, 4) is 0 Å². The first kappa shape index (κ1) is 13.5. The molecule has 0 fully saturated rings. The number of aliphatic hydroxyl groups excluding tert-OH is 2. The summed E-state index contributed by atoms with van der Waals surface area (Å²) in [6.07, 6.45) is 4.30. The summed E-state index contributed by atoms with van der Waals surface area (Å²) in [5, 5.41) is 19.6. The first-order valence-corrected chi connectivity index (χ1v) is 6.66. The van der Waals surface area contributed by atoms with E-state index < -0.39 is 5.54 Å². The molecular weight excluding hydrogens is 296 g/mol. The summed E-state index contributed by atoms with van der Waals surface area (Å²) in [4.78, 5) is 4.42. The minimum Gasteiger partial charge on any atom is -0.396 e. The first-order valence-electron chi connectivity index (χ1n) is 5.87. The number of hydrogen-bond acceptors (Lipinski definition) is 3. The molecular formula is C13H17BrN2O2. The van der Waals surface area contributed by atoms with Crippen molar-refractivity contribution >= 4 is 27.0 Å². The number of nitrogens with zero attached hydrogens (tertiary/aromatic N) is 2. The van der Waals surface area contributed by atoms with Gasteiger partial charge in [-0.25, -0.2) is 4.98 Å². The minimum atomic E-state index is -0.410. The maximum Gasteiger partial charge on any atom is 0.140 e. The third kappa shape index (κ3) is 2.30. The summed E-state index contributed by atoms with van der Waals surface area (Å²) in [6.45, 7) is 4.05. The van der Waals surface area contributed by atoms with Crippen molar-refractivity contribution < 1.29 is 10.2 Å². The largest absolute Gasteiger partial charge is 0.396 e. The fraction of sp³-hybridized carbons (Fsp3) is 0.462. The van der Waals surface area contributed by atoms with Crippen LogP contribution in [0.5, 0.6) is 0 Å². The van der Waals surface area contributed by atoms with Gasteiger partial charge in [0.1, 0.15) is 5.65 Å². The molecule has 18 heavy (non-hydrogen) atoms. The van der Waals surface area contributed by atoms with E-state index in [0.717, 1.165) is 21.1 Å². The Hall–Kier alpha value is -0.910. The number of rotatable bonds is 4. The van der Waals surface area contributed by atoms with Crippen LogP contribution in [-0.2, 0) is 12.0 Å². The van der Waals surface area contributed by atoms with Gasteiger partial charge in [-0.1, -0.05) is 0 Å². The van der Waals surface area contributed by atoms with E-state index in [1.165, 1.54) is 0 Å². The van der Waals surface area contributed by atoms with Crippen LogP contribution in [0, 0.1) is 0 Å². The van der Waals surface area contributed by atoms with Crippen molar-refractivity contribution in [2.75, 3.05) is 13.2 Å². The highest BCUT2D eigenvalue weighted by molar-refractivity contribution is 9.10. The lowest BCUT2D eigenvalue weighted by atomic mass is 10.1. The van der Waals surface area contributed by atoms with E-state index in [0.29, 0.717) is 6.42 Å². The number of pyridine rings is 1. The van der Waals surface area contributed by atoms with Crippen LogP contribution in [0.15, 0.2) is 22.9 Å². The Labute approximate surface area is 114 Å². The molecule has 2 aromatic heterocycles. The van der Waals surface area contributed by atoms with Gasteiger partial charge in [-0.3, -0.25) is 0 Å². The molecule has 0 radical (unpaired) electrons. The van der Waals surface area contributed by atoms with Crippen LogP contribution >= 0.6 is 15.9 Å². The molecule has 5 heteroatoms. The van der Waals surface area contributed by atoms with Crippen molar-refractivity contribution in [3.63, 3.8) is 0 Å². The summed E-state index contributed by atoms with van der Waals surface area (Å²) in [7, 11) is 0. The number of halogens is 1. The SMILES string of the molecule is CC(C)(CO)n1cc(CCO)c2cc(Br)cnc21. The molecule has 0 atom stereocenters. The van der Waals surface area contributed by atoms with Crippen molar-refractivity contribution in [3.05, 3.63) is 28.5 Å². The van der Waals surface area contributed by atoms with E-state index in [9.17, 15) is 5.11 Å². The normalized spacial score (nSPS) is 12.3. The lowest BCUT2D eigenvalue weighted by molar-refractivity contribution is 0.167. The van der Waals surface area contributed by atoms with E-state index in [-0.39, 0.29) is 13.2 Å². The zero-order valence-electron chi connectivity index (χ0n) is 10.5. The Morgan fingerprint density at radius 1 is 1.39 bits per heavy atom. The molecule has 0 amide bonds. The Balaban J connectivity index is 2.68. The van der Waals surface area contributed by atoms with Gasteiger partial charge in [0, 0.05) is 28.9 Å². The van der Waals surface area contributed by atoms with Crippen LogP contribution < -0.4 is 0 Å². The van der Waals surface area contributed by atoms with Gasteiger partial charge in [-0.05, 0) is 47.8 Å². The van der Waals surface area contributed by atoms with E-state index >= 15 is 0 Å². The van der Waals surface area contributed by atoms with Crippen LogP contribution in [0.1, 0.15) is 19.4 Å². The fourth-order valence-electron chi connectivity index (χ4n) is 2.00. The van der Waals surface area contributed by atoms with Gasteiger partial charge in [0.15, 0.2) is 0 Å². The highest BCUT2D eigenvalue weighted by atomic mass is 79.9. The quantitative estimate of drug-likeness (QED) is 0.908. The summed E-state index contributed by atoms with van der Waals surface area (Å²) >= 11 is 3.41. The fourth-order valence-corrected chi connectivity index (χ4v) is 2.34. The molecule has 0 aliphatic carbocycles.